The zero-order chi connectivity index (χ0) is 19.8. The van der Waals surface area contributed by atoms with Gasteiger partial charge in [0, 0.05) is 42.0 Å². The van der Waals surface area contributed by atoms with Crippen LogP contribution in [-0.2, 0) is 24.8 Å². The van der Waals surface area contributed by atoms with Crippen molar-refractivity contribution in [1.82, 2.24) is 14.7 Å². The molecule has 1 aromatic heterocycles. The molecule has 8 heteroatoms. The Labute approximate surface area is 163 Å². The van der Waals surface area contributed by atoms with Crippen molar-refractivity contribution in [2.24, 2.45) is 7.05 Å². The van der Waals surface area contributed by atoms with E-state index < -0.39 is 5.60 Å². The number of hydrogen-bond donors (Lipinski definition) is 1. The van der Waals surface area contributed by atoms with E-state index in [9.17, 15) is 9.59 Å². The second-order valence-corrected chi connectivity index (χ2v) is 7.95. The molecule has 7 nitrogen and oxygen atoms in total. The maximum atomic E-state index is 12.7. The Morgan fingerprint density at radius 1 is 1.22 bits per heavy atom. The van der Waals surface area contributed by atoms with E-state index in [2.05, 4.69) is 10.4 Å². The van der Waals surface area contributed by atoms with Gasteiger partial charge < -0.3 is 15.0 Å². The Balaban J connectivity index is 1.80. The molecule has 0 fully saturated rings. The highest BCUT2D eigenvalue weighted by Gasteiger charge is 2.31. The molecule has 0 saturated heterocycles. The summed E-state index contributed by atoms with van der Waals surface area (Å²) in [5, 5.41) is 7.79. The molecule has 2 aromatic rings. The van der Waals surface area contributed by atoms with Gasteiger partial charge in [-0.05, 0) is 45.0 Å². The first-order valence-corrected chi connectivity index (χ1v) is 9.11. The number of carbonyl (C=O) groups excluding carboxylic acids is 2. The maximum absolute atomic E-state index is 12.7. The SMILES string of the molecule is Cn1nc(C(=O)Nc2ccc(Cl)cc2)c2c1CCN(C(=O)OC(C)(C)C)C2. The van der Waals surface area contributed by atoms with E-state index in [0.717, 1.165) is 11.3 Å². The van der Waals surface area contributed by atoms with Crippen LogP contribution < -0.4 is 5.32 Å². The van der Waals surface area contributed by atoms with Crippen molar-refractivity contribution in [1.29, 1.82) is 0 Å². The van der Waals surface area contributed by atoms with Gasteiger partial charge in [-0.2, -0.15) is 5.10 Å². The molecule has 0 atom stereocenters. The van der Waals surface area contributed by atoms with Gasteiger partial charge in [0.25, 0.3) is 5.91 Å². The molecular weight excluding hydrogens is 368 g/mol. The van der Waals surface area contributed by atoms with Crippen molar-refractivity contribution in [2.45, 2.75) is 39.3 Å². The van der Waals surface area contributed by atoms with E-state index in [4.69, 9.17) is 16.3 Å². The molecule has 2 amide bonds. The van der Waals surface area contributed by atoms with Crippen molar-refractivity contribution >= 4 is 29.3 Å². The van der Waals surface area contributed by atoms with Gasteiger partial charge in [-0.15, -0.1) is 0 Å². The summed E-state index contributed by atoms with van der Waals surface area (Å²) in [5.41, 5.74) is 2.08. The van der Waals surface area contributed by atoms with Crippen LogP contribution in [0.1, 0.15) is 42.5 Å². The highest BCUT2D eigenvalue weighted by Crippen LogP contribution is 2.25. The Morgan fingerprint density at radius 3 is 2.52 bits per heavy atom. The van der Waals surface area contributed by atoms with Crippen molar-refractivity contribution in [2.75, 3.05) is 11.9 Å². The van der Waals surface area contributed by atoms with Crippen molar-refractivity contribution in [3.63, 3.8) is 0 Å². The molecule has 2 heterocycles. The number of nitrogens with zero attached hydrogens (tertiary/aromatic N) is 3. The van der Waals surface area contributed by atoms with E-state index in [1.54, 1.807) is 40.9 Å². The summed E-state index contributed by atoms with van der Waals surface area (Å²) in [5.74, 6) is -0.319. The molecule has 0 bridgehead atoms. The minimum atomic E-state index is -0.568. The number of fused-ring (bicyclic) bond motifs is 1. The maximum Gasteiger partial charge on any atom is 0.410 e. The summed E-state index contributed by atoms with van der Waals surface area (Å²) < 4.78 is 7.16. The topological polar surface area (TPSA) is 76.5 Å². The quantitative estimate of drug-likeness (QED) is 0.849. The number of halogens is 1. The third-order valence-electron chi connectivity index (χ3n) is 4.21. The molecule has 1 aliphatic heterocycles. The van der Waals surface area contributed by atoms with Gasteiger partial charge in [0.1, 0.15) is 5.60 Å². The number of aromatic nitrogens is 2. The number of aryl methyl sites for hydroxylation is 1. The number of nitrogens with one attached hydrogen (secondary N) is 1. The molecule has 1 aliphatic rings. The Hall–Kier alpha value is -2.54. The van der Waals surface area contributed by atoms with E-state index in [1.165, 1.54) is 0 Å². The first-order valence-electron chi connectivity index (χ1n) is 8.73. The molecule has 3 rings (SSSR count). The van der Waals surface area contributed by atoms with Crippen LogP contribution in [0.4, 0.5) is 10.5 Å². The zero-order valence-electron chi connectivity index (χ0n) is 15.9. The minimum Gasteiger partial charge on any atom is -0.444 e. The van der Waals surface area contributed by atoms with Gasteiger partial charge in [0.05, 0.1) is 6.54 Å². The summed E-state index contributed by atoms with van der Waals surface area (Å²) in [6.45, 7) is 6.31. The summed E-state index contributed by atoms with van der Waals surface area (Å²) >= 11 is 5.88. The Kier molecular flexibility index (Phi) is 5.15. The van der Waals surface area contributed by atoms with Gasteiger partial charge in [-0.25, -0.2) is 4.79 Å². The molecule has 27 heavy (non-hydrogen) atoms. The van der Waals surface area contributed by atoms with Gasteiger partial charge in [-0.3, -0.25) is 9.48 Å². The third kappa shape index (κ3) is 4.42. The molecule has 144 valence electrons. The number of rotatable bonds is 2. The van der Waals surface area contributed by atoms with Crippen LogP contribution in [0.2, 0.25) is 5.02 Å². The fourth-order valence-corrected chi connectivity index (χ4v) is 3.11. The van der Waals surface area contributed by atoms with Crippen LogP contribution in [0.25, 0.3) is 0 Å². The molecule has 0 unspecified atom stereocenters. The summed E-state index contributed by atoms with van der Waals surface area (Å²) in [6, 6.07) is 6.86. The van der Waals surface area contributed by atoms with Crippen LogP contribution in [-0.4, -0.2) is 38.8 Å². The average molecular weight is 391 g/mol. The van der Waals surface area contributed by atoms with Crippen molar-refractivity contribution in [3.8, 4) is 0 Å². The monoisotopic (exact) mass is 390 g/mol. The van der Waals surface area contributed by atoms with E-state index >= 15 is 0 Å². The van der Waals surface area contributed by atoms with Gasteiger partial charge in [0.15, 0.2) is 5.69 Å². The molecular formula is C19H23ClN4O3. The Morgan fingerprint density at radius 2 is 1.89 bits per heavy atom. The van der Waals surface area contributed by atoms with Gasteiger partial charge in [-0.1, -0.05) is 11.6 Å². The second-order valence-electron chi connectivity index (χ2n) is 7.51. The lowest BCUT2D eigenvalue weighted by molar-refractivity contribution is 0.0222. The lowest BCUT2D eigenvalue weighted by Crippen LogP contribution is -2.40. The predicted octanol–water partition coefficient (Wildman–Crippen LogP) is 3.62. The number of carbonyl (C=O) groups is 2. The molecule has 1 N–H and O–H groups in total. The third-order valence-corrected chi connectivity index (χ3v) is 4.46. The molecule has 0 spiro atoms. The summed E-state index contributed by atoms with van der Waals surface area (Å²) in [7, 11) is 1.81. The van der Waals surface area contributed by atoms with Gasteiger partial charge >= 0.3 is 6.09 Å². The first-order chi connectivity index (χ1) is 12.6. The number of hydrogen-bond acceptors (Lipinski definition) is 4. The average Bonchev–Trinajstić information content (AvgIpc) is 2.92. The minimum absolute atomic E-state index is 0.293. The highest BCUT2D eigenvalue weighted by molar-refractivity contribution is 6.30. The van der Waals surface area contributed by atoms with Crippen LogP contribution >= 0.6 is 11.6 Å². The largest absolute Gasteiger partial charge is 0.444 e. The van der Waals surface area contributed by atoms with E-state index in [-0.39, 0.29) is 12.0 Å². The lowest BCUT2D eigenvalue weighted by Gasteiger charge is -2.30. The molecule has 0 saturated carbocycles. The van der Waals surface area contributed by atoms with E-state index in [0.29, 0.717) is 35.9 Å². The van der Waals surface area contributed by atoms with Crippen LogP contribution in [0.3, 0.4) is 0 Å². The van der Waals surface area contributed by atoms with Crippen LogP contribution in [0.15, 0.2) is 24.3 Å². The van der Waals surface area contributed by atoms with Gasteiger partial charge in [0.2, 0.25) is 0 Å². The summed E-state index contributed by atoms with van der Waals surface area (Å²) in [6.07, 6.45) is 0.229. The van der Waals surface area contributed by atoms with Crippen LogP contribution in [0, 0.1) is 0 Å². The van der Waals surface area contributed by atoms with Crippen molar-refractivity contribution in [3.05, 3.63) is 46.2 Å². The number of benzene rings is 1. The fraction of sp³-hybridized carbons (Fsp3) is 0.421. The molecule has 1 aromatic carbocycles. The first kappa shape index (κ1) is 19.2. The zero-order valence-corrected chi connectivity index (χ0v) is 16.6. The molecule has 0 radical (unpaired) electrons. The molecule has 0 aliphatic carbocycles. The Bertz CT molecular complexity index is 868. The highest BCUT2D eigenvalue weighted by atomic mass is 35.5. The normalized spacial score (nSPS) is 13.9. The summed E-state index contributed by atoms with van der Waals surface area (Å²) in [4.78, 5) is 26.7. The van der Waals surface area contributed by atoms with Crippen LogP contribution in [0.5, 0.6) is 0 Å². The fourth-order valence-electron chi connectivity index (χ4n) is 2.98. The number of anilines is 1. The smallest absolute Gasteiger partial charge is 0.410 e. The van der Waals surface area contributed by atoms with Crippen molar-refractivity contribution < 1.29 is 14.3 Å². The standard InChI is InChI=1S/C19H23ClN4O3/c1-19(2,3)27-18(26)24-10-9-15-14(11-24)16(22-23(15)4)17(25)21-13-7-5-12(20)6-8-13/h5-8H,9-11H2,1-4H3,(H,21,25). The predicted molar refractivity (Wildman–Crippen MR) is 103 cm³/mol. The number of amides is 2. The van der Waals surface area contributed by atoms with E-state index in [1.807, 2.05) is 20.8 Å². The number of ether oxygens (including phenoxy) is 1. The lowest BCUT2D eigenvalue weighted by atomic mass is 10.0. The second kappa shape index (κ2) is 7.23.